The number of nitrogens with zero attached hydrogens (tertiary/aromatic N) is 2. The number of hydrogen-bond acceptors (Lipinski definition) is 4. The van der Waals surface area contributed by atoms with Gasteiger partial charge in [0.15, 0.2) is 5.78 Å². The number of anilines is 1. The molecule has 2 amide bonds. The Morgan fingerprint density at radius 1 is 0.964 bits per heavy atom. The number of fused-ring (bicyclic) bond motifs is 3. The number of hydrogen-bond donors (Lipinski definition) is 0. The van der Waals surface area contributed by atoms with Crippen molar-refractivity contribution < 1.29 is 14.4 Å². The van der Waals surface area contributed by atoms with Crippen LogP contribution in [0, 0.1) is 11.8 Å². The Morgan fingerprint density at radius 2 is 1.71 bits per heavy atom. The third-order valence-corrected chi connectivity index (χ3v) is 6.74. The maximum absolute atomic E-state index is 13.4. The summed E-state index contributed by atoms with van der Waals surface area (Å²) in [4.78, 5) is 43.5. The number of halogens is 1. The quantitative estimate of drug-likeness (QED) is 0.544. The zero-order chi connectivity index (χ0) is 19.4. The van der Waals surface area contributed by atoms with Crippen LogP contribution in [0.5, 0.6) is 0 Å². The highest BCUT2D eigenvalue weighted by Gasteiger charge is 2.64. The number of carbonyl (C=O) groups is 3. The molecule has 0 unspecified atom stereocenters. The van der Waals surface area contributed by atoms with Gasteiger partial charge < -0.3 is 0 Å². The van der Waals surface area contributed by atoms with E-state index in [4.69, 9.17) is 0 Å². The molecule has 142 valence electrons. The number of amides is 2. The molecule has 2 aromatic carbocycles. The maximum Gasteiger partial charge on any atom is 0.239 e. The first-order valence-corrected chi connectivity index (χ1v) is 10.4. The molecule has 3 fully saturated rings. The standard InChI is InChI=1S/C22H19BrN2O3/c23-14-8-4-9-15(12-14)25-21(27)17-16-10-5-11-24(16)19(18(17)22(25)28)20(26)13-6-2-1-3-7-13/h1-4,6-9,12,16-19H,5,10-11H2/t16-,17-,18-,19+/m0/s1. The molecule has 3 saturated heterocycles. The fourth-order valence-corrected chi connectivity index (χ4v) is 5.55. The van der Waals surface area contributed by atoms with Gasteiger partial charge in [0.05, 0.1) is 23.6 Å². The molecular weight excluding hydrogens is 420 g/mol. The second kappa shape index (κ2) is 6.64. The van der Waals surface area contributed by atoms with Gasteiger partial charge in [0.1, 0.15) is 0 Å². The van der Waals surface area contributed by atoms with Crippen molar-refractivity contribution in [1.82, 2.24) is 4.90 Å². The van der Waals surface area contributed by atoms with Crippen LogP contribution in [0.1, 0.15) is 23.2 Å². The minimum Gasteiger partial charge on any atom is -0.292 e. The van der Waals surface area contributed by atoms with E-state index in [0.29, 0.717) is 11.3 Å². The Bertz CT molecular complexity index is 977. The molecule has 0 radical (unpaired) electrons. The van der Waals surface area contributed by atoms with Crippen LogP contribution in [0.4, 0.5) is 5.69 Å². The van der Waals surface area contributed by atoms with Crippen LogP contribution in [0.25, 0.3) is 0 Å². The van der Waals surface area contributed by atoms with Crippen LogP contribution < -0.4 is 4.90 Å². The predicted octanol–water partition coefficient (Wildman–Crippen LogP) is 3.28. The fourth-order valence-electron chi connectivity index (χ4n) is 5.16. The van der Waals surface area contributed by atoms with Crippen molar-refractivity contribution in [3.05, 3.63) is 64.6 Å². The van der Waals surface area contributed by atoms with Crippen LogP contribution in [0.15, 0.2) is 59.1 Å². The molecule has 6 heteroatoms. The molecule has 0 spiro atoms. The highest BCUT2D eigenvalue weighted by atomic mass is 79.9. The Hall–Kier alpha value is -2.31. The van der Waals surface area contributed by atoms with Crippen LogP contribution in [-0.2, 0) is 9.59 Å². The summed E-state index contributed by atoms with van der Waals surface area (Å²) < 4.78 is 0.807. The lowest BCUT2D eigenvalue weighted by atomic mass is 9.85. The van der Waals surface area contributed by atoms with Crippen molar-refractivity contribution >= 4 is 39.2 Å². The van der Waals surface area contributed by atoms with Gasteiger partial charge in [-0.3, -0.25) is 19.3 Å². The topological polar surface area (TPSA) is 57.7 Å². The molecule has 4 atom stereocenters. The second-order valence-electron chi connectivity index (χ2n) is 7.67. The highest BCUT2D eigenvalue weighted by molar-refractivity contribution is 9.10. The molecule has 0 aromatic heterocycles. The van der Waals surface area contributed by atoms with Gasteiger partial charge >= 0.3 is 0 Å². The molecule has 28 heavy (non-hydrogen) atoms. The van der Waals surface area contributed by atoms with Crippen molar-refractivity contribution in [2.24, 2.45) is 11.8 Å². The van der Waals surface area contributed by atoms with Crippen LogP contribution in [-0.4, -0.2) is 41.1 Å². The summed E-state index contributed by atoms with van der Waals surface area (Å²) in [7, 11) is 0. The largest absolute Gasteiger partial charge is 0.292 e. The molecule has 3 aliphatic rings. The summed E-state index contributed by atoms with van der Waals surface area (Å²) in [6.07, 6.45) is 1.80. The number of benzene rings is 2. The number of rotatable bonds is 3. The first kappa shape index (κ1) is 17.8. The number of carbonyl (C=O) groups excluding carboxylic acids is 3. The Labute approximate surface area is 171 Å². The summed E-state index contributed by atoms with van der Waals surface area (Å²) in [5, 5.41) is 0. The van der Waals surface area contributed by atoms with Gasteiger partial charge in [-0.15, -0.1) is 0 Å². The first-order valence-electron chi connectivity index (χ1n) is 9.56. The summed E-state index contributed by atoms with van der Waals surface area (Å²) in [6, 6.07) is 15.7. The highest BCUT2D eigenvalue weighted by Crippen LogP contribution is 2.48. The Morgan fingerprint density at radius 3 is 2.46 bits per heavy atom. The van der Waals surface area contributed by atoms with Crippen molar-refractivity contribution in [3.8, 4) is 0 Å². The smallest absolute Gasteiger partial charge is 0.239 e. The lowest BCUT2D eigenvalue weighted by Gasteiger charge is -2.27. The zero-order valence-corrected chi connectivity index (χ0v) is 16.7. The molecule has 3 aliphatic heterocycles. The average molecular weight is 439 g/mol. The van der Waals surface area contributed by atoms with E-state index in [9.17, 15) is 14.4 Å². The van der Waals surface area contributed by atoms with E-state index in [1.165, 1.54) is 4.90 Å². The molecule has 0 aliphatic carbocycles. The van der Waals surface area contributed by atoms with Gasteiger partial charge in [-0.2, -0.15) is 0 Å². The van der Waals surface area contributed by atoms with E-state index in [1.807, 2.05) is 30.3 Å². The zero-order valence-electron chi connectivity index (χ0n) is 15.1. The lowest BCUT2D eigenvalue weighted by molar-refractivity contribution is -0.123. The third kappa shape index (κ3) is 2.51. The van der Waals surface area contributed by atoms with Crippen LogP contribution >= 0.6 is 15.9 Å². The normalized spacial score (nSPS) is 29.2. The van der Waals surface area contributed by atoms with Gasteiger partial charge in [-0.25, -0.2) is 4.90 Å². The maximum atomic E-state index is 13.4. The summed E-state index contributed by atoms with van der Waals surface area (Å²) in [5.74, 6) is -1.53. The molecule has 3 heterocycles. The number of ketones is 1. The minimum atomic E-state index is -0.607. The first-order chi connectivity index (χ1) is 13.6. The van der Waals surface area contributed by atoms with E-state index >= 15 is 0 Å². The molecule has 5 nitrogen and oxygen atoms in total. The lowest BCUT2D eigenvalue weighted by Crippen LogP contribution is -2.46. The molecule has 0 saturated carbocycles. The van der Waals surface area contributed by atoms with Gasteiger partial charge in [0.2, 0.25) is 11.8 Å². The Kier molecular flexibility index (Phi) is 4.21. The van der Waals surface area contributed by atoms with E-state index in [-0.39, 0.29) is 23.6 Å². The van der Waals surface area contributed by atoms with Crippen molar-refractivity contribution in [2.45, 2.75) is 24.9 Å². The van der Waals surface area contributed by atoms with Gasteiger partial charge in [0.25, 0.3) is 0 Å². The predicted molar refractivity (Wildman–Crippen MR) is 108 cm³/mol. The fraction of sp³-hybridized carbons (Fsp3) is 0.318. The molecule has 0 N–H and O–H groups in total. The van der Waals surface area contributed by atoms with Crippen LogP contribution in [0.2, 0.25) is 0 Å². The van der Waals surface area contributed by atoms with Gasteiger partial charge in [-0.1, -0.05) is 52.3 Å². The van der Waals surface area contributed by atoms with Crippen molar-refractivity contribution in [2.75, 3.05) is 11.4 Å². The number of Topliss-reactive ketones (excluding diaryl/α,β-unsaturated/α-hetero) is 1. The summed E-state index contributed by atoms with van der Waals surface area (Å²) in [5.41, 5.74) is 1.16. The van der Waals surface area contributed by atoms with Crippen molar-refractivity contribution in [3.63, 3.8) is 0 Å². The molecule has 5 rings (SSSR count). The SMILES string of the molecule is O=C(c1ccccc1)[C@H]1[C@H]2C(=O)N(c3cccc(Br)c3)C(=O)[C@H]2[C@@H]2CCCN21. The summed E-state index contributed by atoms with van der Waals surface area (Å²) >= 11 is 3.41. The minimum absolute atomic E-state index is 0.0312. The van der Waals surface area contributed by atoms with Crippen LogP contribution in [0.3, 0.4) is 0 Å². The van der Waals surface area contributed by atoms with Crippen molar-refractivity contribution in [1.29, 1.82) is 0 Å². The average Bonchev–Trinajstić information content (AvgIpc) is 3.34. The monoisotopic (exact) mass is 438 g/mol. The Balaban J connectivity index is 1.56. The van der Waals surface area contributed by atoms with E-state index in [2.05, 4.69) is 20.8 Å². The summed E-state index contributed by atoms with van der Waals surface area (Å²) in [6.45, 7) is 0.762. The molecule has 2 aromatic rings. The molecule has 0 bridgehead atoms. The molecular formula is C22H19BrN2O3. The van der Waals surface area contributed by atoms with E-state index < -0.39 is 17.9 Å². The van der Waals surface area contributed by atoms with Gasteiger partial charge in [-0.05, 0) is 37.6 Å². The number of imide groups is 1. The van der Waals surface area contributed by atoms with E-state index in [1.54, 1.807) is 24.3 Å². The van der Waals surface area contributed by atoms with E-state index in [0.717, 1.165) is 23.9 Å². The third-order valence-electron chi connectivity index (χ3n) is 6.25. The van der Waals surface area contributed by atoms with Gasteiger partial charge in [0, 0.05) is 16.1 Å². The second-order valence-corrected chi connectivity index (χ2v) is 8.58.